The van der Waals surface area contributed by atoms with Gasteiger partial charge in [-0.3, -0.25) is 0 Å². The van der Waals surface area contributed by atoms with Gasteiger partial charge in [0, 0.05) is 13.1 Å². The number of oxazole rings is 1. The first-order valence-corrected chi connectivity index (χ1v) is 8.57. The Morgan fingerprint density at radius 1 is 1.25 bits per heavy atom. The average Bonchev–Trinajstić information content (AvgIpc) is 2.95. The zero-order chi connectivity index (χ0) is 19.8. The summed E-state index contributed by atoms with van der Waals surface area (Å²) in [5, 5.41) is 16.4. The van der Waals surface area contributed by atoms with Gasteiger partial charge in [-0.05, 0) is 38.5 Å². The van der Waals surface area contributed by atoms with Gasteiger partial charge in [-0.25, -0.2) is 9.98 Å². The summed E-state index contributed by atoms with van der Waals surface area (Å²) in [5.74, 6) is 1.81. The molecule has 1 heterocycles. The molecule has 1 unspecified atom stereocenters. The quantitative estimate of drug-likeness (QED) is 0.287. The monoisotopic (exact) mass is 510 g/mol. The predicted molar refractivity (Wildman–Crippen MR) is 112 cm³/mol. The first-order valence-electron chi connectivity index (χ1n) is 8.57. The minimum atomic E-state index is -2.88. The number of ether oxygens (including phenoxy) is 1. The highest BCUT2D eigenvalue weighted by atomic mass is 127. The fourth-order valence-electron chi connectivity index (χ4n) is 2.28. The van der Waals surface area contributed by atoms with E-state index in [4.69, 9.17) is 4.42 Å². The van der Waals surface area contributed by atoms with Crippen molar-refractivity contribution in [3.63, 3.8) is 0 Å². The molecule has 0 saturated carbocycles. The number of halogens is 3. The number of hydrogen-bond donors (Lipinski definition) is 3. The number of aliphatic hydroxyl groups is 1. The summed E-state index contributed by atoms with van der Waals surface area (Å²) < 4.78 is 34.1. The van der Waals surface area contributed by atoms with E-state index in [9.17, 15) is 13.9 Å². The van der Waals surface area contributed by atoms with Crippen molar-refractivity contribution in [2.24, 2.45) is 4.99 Å². The number of aliphatic imine (C=N–C) groups is 1. The highest BCUT2D eigenvalue weighted by molar-refractivity contribution is 14.0. The molecule has 0 aliphatic rings. The van der Waals surface area contributed by atoms with Crippen molar-refractivity contribution >= 4 is 29.9 Å². The summed E-state index contributed by atoms with van der Waals surface area (Å²) in [7, 11) is 0. The molecule has 1 atom stereocenters. The molecule has 0 radical (unpaired) electrons. The van der Waals surface area contributed by atoms with Crippen LogP contribution in [0.5, 0.6) is 5.75 Å². The van der Waals surface area contributed by atoms with Gasteiger partial charge in [-0.2, -0.15) is 8.78 Å². The number of rotatable bonds is 8. The Hall–Kier alpha value is -1.95. The third kappa shape index (κ3) is 7.58. The van der Waals surface area contributed by atoms with E-state index >= 15 is 0 Å². The zero-order valence-electron chi connectivity index (χ0n) is 15.9. The van der Waals surface area contributed by atoms with Crippen LogP contribution in [0.15, 0.2) is 33.7 Å². The van der Waals surface area contributed by atoms with E-state index in [1.54, 1.807) is 0 Å². The third-order valence-corrected chi connectivity index (χ3v) is 3.74. The van der Waals surface area contributed by atoms with Gasteiger partial charge in [0.05, 0.1) is 11.8 Å². The van der Waals surface area contributed by atoms with Crippen molar-refractivity contribution in [3.05, 3.63) is 47.2 Å². The van der Waals surface area contributed by atoms with E-state index in [0.717, 1.165) is 11.5 Å². The maximum Gasteiger partial charge on any atom is 0.387 e. The van der Waals surface area contributed by atoms with E-state index in [2.05, 4.69) is 25.3 Å². The lowest BCUT2D eigenvalue weighted by Gasteiger charge is -2.15. The number of nitrogens with one attached hydrogen (secondary N) is 2. The van der Waals surface area contributed by atoms with Crippen LogP contribution in [0.3, 0.4) is 0 Å². The average molecular weight is 510 g/mol. The van der Waals surface area contributed by atoms with E-state index in [-0.39, 0.29) is 42.8 Å². The molecule has 2 aromatic rings. The molecular weight excluding hydrogens is 485 g/mol. The lowest BCUT2D eigenvalue weighted by Crippen LogP contribution is -2.39. The number of aliphatic hydroxyl groups excluding tert-OH is 1. The zero-order valence-corrected chi connectivity index (χ0v) is 18.2. The van der Waals surface area contributed by atoms with Gasteiger partial charge < -0.3 is 24.9 Å². The fourth-order valence-corrected chi connectivity index (χ4v) is 2.28. The number of aryl methyl sites for hydroxylation is 2. The van der Waals surface area contributed by atoms with Crippen molar-refractivity contribution in [3.8, 4) is 5.75 Å². The number of hydrogen-bond acceptors (Lipinski definition) is 5. The Balaban J connectivity index is 0.00000392. The summed E-state index contributed by atoms with van der Waals surface area (Å²) >= 11 is 0. The van der Waals surface area contributed by atoms with Gasteiger partial charge >= 0.3 is 6.61 Å². The summed E-state index contributed by atoms with van der Waals surface area (Å²) in [6.45, 7) is 3.85. The van der Waals surface area contributed by atoms with Gasteiger partial charge in [0.2, 0.25) is 5.89 Å². The molecule has 2 rings (SSSR count). The smallest absolute Gasteiger partial charge is 0.387 e. The molecule has 0 spiro atoms. The number of aromatic nitrogens is 1. The van der Waals surface area contributed by atoms with Gasteiger partial charge in [0.25, 0.3) is 0 Å². The van der Waals surface area contributed by atoms with Crippen LogP contribution in [0.4, 0.5) is 8.78 Å². The van der Waals surface area contributed by atoms with Crippen LogP contribution in [0.1, 0.15) is 35.9 Å². The number of guanidine groups is 1. The largest absolute Gasteiger partial charge is 0.444 e. The van der Waals surface area contributed by atoms with Crippen molar-refractivity contribution in [1.29, 1.82) is 0 Å². The molecule has 0 amide bonds. The Morgan fingerprint density at radius 2 is 1.93 bits per heavy atom. The van der Waals surface area contributed by atoms with Crippen molar-refractivity contribution in [1.82, 2.24) is 15.6 Å². The summed E-state index contributed by atoms with van der Waals surface area (Å²) in [6, 6.07) is 5.84. The lowest BCUT2D eigenvalue weighted by atomic mass is 10.1. The summed E-state index contributed by atoms with van der Waals surface area (Å²) in [4.78, 5) is 8.64. The molecule has 7 nitrogen and oxygen atoms in total. The SMILES string of the molecule is CCNC(=NCc1nc(C)c(C)o1)NCC(O)c1ccc(OC(F)F)cc1.I. The molecular formula is C18H25F2IN4O3. The third-order valence-electron chi connectivity index (χ3n) is 3.74. The predicted octanol–water partition coefficient (Wildman–Crippen LogP) is 3.30. The van der Waals surface area contributed by atoms with Crippen LogP contribution in [0.2, 0.25) is 0 Å². The minimum Gasteiger partial charge on any atom is -0.444 e. The number of alkyl halides is 2. The molecule has 10 heteroatoms. The first-order chi connectivity index (χ1) is 12.9. The van der Waals surface area contributed by atoms with Crippen LogP contribution in [0, 0.1) is 13.8 Å². The molecule has 0 saturated heterocycles. The van der Waals surface area contributed by atoms with Crippen molar-refractivity contribution in [2.45, 2.75) is 40.0 Å². The maximum absolute atomic E-state index is 12.2. The highest BCUT2D eigenvalue weighted by Gasteiger charge is 2.11. The second-order valence-corrected chi connectivity index (χ2v) is 5.79. The van der Waals surface area contributed by atoms with Gasteiger partial charge in [0.1, 0.15) is 18.1 Å². The minimum absolute atomic E-state index is 0. The Labute approximate surface area is 179 Å². The molecule has 156 valence electrons. The van der Waals surface area contributed by atoms with Gasteiger partial charge in [-0.15, -0.1) is 24.0 Å². The van der Waals surface area contributed by atoms with Crippen molar-refractivity contribution < 1.29 is 23.0 Å². The molecule has 0 bridgehead atoms. The molecule has 0 aliphatic carbocycles. The summed E-state index contributed by atoms with van der Waals surface area (Å²) in [6.07, 6.45) is -0.847. The lowest BCUT2D eigenvalue weighted by molar-refractivity contribution is -0.0498. The van der Waals surface area contributed by atoms with E-state index in [1.807, 2.05) is 20.8 Å². The normalized spacial score (nSPS) is 12.5. The molecule has 0 aliphatic heterocycles. The van der Waals surface area contributed by atoms with E-state index in [1.165, 1.54) is 24.3 Å². The Kier molecular flexibility index (Phi) is 10.1. The second-order valence-electron chi connectivity index (χ2n) is 5.79. The van der Waals surface area contributed by atoms with Crippen LogP contribution in [-0.4, -0.2) is 35.8 Å². The first kappa shape index (κ1) is 24.1. The van der Waals surface area contributed by atoms with Crippen LogP contribution >= 0.6 is 24.0 Å². The molecule has 3 N–H and O–H groups in total. The molecule has 1 aromatic carbocycles. The van der Waals surface area contributed by atoms with Gasteiger partial charge in [-0.1, -0.05) is 12.1 Å². The van der Waals surface area contributed by atoms with Crippen LogP contribution in [0.25, 0.3) is 0 Å². The van der Waals surface area contributed by atoms with Crippen LogP contribution < -0.4 is 15.4 Å². The fraction of sp³-hybridized carbons (Fsp3) is 0.444. The van der Waals surface area contributed by atoms with Gasteiger partial charge in [0.15, 0.2) is 5.96 Å². The highest BCUT2D eigenvalue weighted by Crippen LogP contribution is 2.19. The second kappa shape index (κ2) is 11.8. The number of nitrogens with zero attached hydrogens (tertiary/aromatic N) is 2. The van der Waals surface area contributed by atoms with Crippen molar-refractivity contribution in [2.75, 3.05) is 13.1 Å². The molecule has 0 fully saturated rings. The van der Waals surface area contributed by atoms with Crippen LogP contribution in [-0.2, 0) is 6.54 Å². The number of benzene rings is 1. The topological polar surface area (TPSA) is 91.9 Å². The molecule has 28 heavy (non-hydrogen) atoms. The van der Waals surface area contributed by atoms with E-state index in [0.29, 0.717) is 24.0 Å². The Morgan fingerprint density at radius 3 is 2.46 bits per heavy atom. The Bertz CT molecular complexity index is 734. The van der Waals surface area contributed by atoms with E-state index < -0.39 is 12.7 Å². The summed E-state index contributed by atoms with van der Waals surface area (Å²) in [5.41, 5.74) is 1.40. The standard InChI is InChI=1S/C18H24F2N4O3.HI/c1-4-21-18(23-10-16-24-11(2)12(3)26-16)22-9-15(25)13-5-7-14(8-6-13)27-17(19)20;/h5-8,15,17,25H,4,9-10H2,1-3H3,(H2,21,22,23);1H. The molecule has 1 aromatic heterocycles. The maximum atomic E-state index is 12.2.